The van der Waals surface area contributed by atoms with Crippen LogP contribution in [0.3, 0.4) is 0 Å². The Morgan fingerprint density at radius 2 is 1.91 bits per heavy atom. The van der Waals surface area contributed by atoms with Crippen LogP contribution in [0.4, 0.5) is 0 Å². The number of aliphatic hydroxyl groups is 2. The highest BCUT2D eigenvalue weighted by atomic mass is 16.3. The Labute approximate surface area is 128 Å². The Balaban J connectivity index is 1.92. The molecule has 3 heterocycles. The minimum absolute atomic E-state index is 0.541. The van der Waals surface area contributed by atoms with Crippen molar-refractivity contribution in [3.8, 4) is 0 Å². The van der Waals surface area contributed by atoms with Crippen molar-refractivity contribution in [1.82, 2.24) is 23.9 Å². The second-order valence-corrected chi connectivity index (χ2v) is 5.66. The van der Waals surface area contributed by atoms with Crippen LogP contribution < -0.4 is 0 Å². The number of aromatic nitrogens is 5. The van der Waals surface area contributed by atoms with E-state index < -0.39 is 12.2 Å². The Bertz CT molecular complexity index is 779. The van der Waals surface area contributed by atoms with Gasteiger partial charge in [0.1, 0.15) is 12.4 Å². The Morgan fingerprint density at radius 3 is 2.68 bits per heavy atom. The van der Waals surface area contributed by atoms with Crippen LogP contribution in [-0.2, 0) is 7.05 Å². The number of hydrogen-bond donors (Lipinski definition) is 2. The molecule has 2 atom stereocenters. The first kappa shape index (κ1) is 14.9. The molecule has 0 saturated carbocycles. The van der Waals surface area contributed by atoms with Gasteiger partial charge in [0.2, 0.25) is 0 Å². The summed E-state index contributed by atoms with van der Waals surface area (Å²) in [6.45, 7) is 2.11. The summed E-state index contributed by atoms with van der Waals surface area (Å²) in [7, 11) is 1.87. The lowest BCUT2D eigenvalue weighted by Gasteiger charge is -2.17. The van der Waals surface area contributed by atoms with E-state index in [9.17, 15) is 10.2 Å². The molecule has 0 aromatic carbocycles. The van der Waals surface area contributed by atoms with Crippen LogP contribution in [0.2, 0.25) is 0 Å². The Morgan fingerprint density at radius 1 is 1.09 bits per heavy atom. The number of aryl methyl sites for hydroxylation is 1. The molecule has 0 saturated heterocycles. The van der Waals surface area contributed by atoms with Crippen molar-refractivity contribution in [2.75, 3.05) is 0 Å². The molecule has 2 unspecified atom stereocenters. The number of fused-ring (bicyclic) bond motifs is 3. The van der Waals surface area contributed by atoms with E-state index in [1.165, 1.54) is 0 Å². The zero-order chi connectivity index (χ0) is 15.7. The summed E-state index contributed by atoms with van der Waals surface area (Å²) in [5, 5.41) is 20.6. The zero-order valence-corrected chi connectivity index (χ0v) is 12.8. The van der Waals surface area contributed by atoms with E-state index in [0.29, 0.717) is 23.3 Å². The largest absolute Gasteiger partial charge is 0.390 e. The third kappa shape index (κ3) is 2.46. The molecule has 3 aromatic rings. The Kier molecular flexibility index (Phi) is 4.08. The van der Waals surface area contributed by atoms with Crippen LogP contribution >= 0.6 is 0 Å². The van der Waals surface area contributed by atoms with Gasteiger partial charge in [-0.2, -0.15) is 0 Å². The Hall–Kier alpha value is -1.99. The maximum Gasteiger partial charge on any atom is 0.168 e. The maximum atomic E-state index is 10.4. The monoisotopic (exact) mass is 303 g/mol. The van der Waals surface area contributed by atoms with Gasteiger partial charge in [0.15, 0.2) is 16.8 Å². The molecule has 2 N–H and O–H groups in total. The summed E-state index contributed by atoms with van der Waals surface area (Å²) < 4.78 is 3.52. The van der Waals surface area contributed by atoms with Crippen LogP contribution in [-0.4, -0.2) is 40.2 Å². The highest BCUT2D eigenvalue weighted by molar-refractivity contribution is 5.85. The van der Waals surface area contributed by atoms with E-state index in [-0.39, 0.29) is 0 Å². The topological polar surface area (TPSA) is 88.5 Å². The van der Waals surface area contributed by atoms with E-state index >= 15 is 0 Å². The van der Waals surface area contributed by atoms with Crippen molar-refractivity contribution >= 4 is 16.8 Å². The second-order valence-electron chi connectivity index (χ2n) is 5.66. The normalized spacial score (nSPS) is 14.7. The molecule has 0 amide bonds. The van der Waals surface area contributed by atoms with Crippen molar-refractivity contribution in [3.05, 3.63) is 24.5 Å². The van der Waals surface area contributed by atoms with Gasteiger partial charge in [0, 0.05) is 7.05 Å². The van der Waals surface area contributed by atoms with Crippen LogP contribution in [0.25, 0.3) is 16.8 Å². The summed E-state index contributed by atoms with van der Waals surface area (Å²) in [6.07, 6.45) is 6.70. The fraction of sp³-hybridized carbons (Fsp3) is 0.533. The van der Waals surface area contributed by atoms with Gasteiger partial charge < -0.3 is 14.8 Å². The number of hydrogen-bond acceptors (Lipinski definition) is 5. The summed E-state index contributed by atoms with van der Waals surface area (Å²) in [6, 6.07) is 0. The van der Waals surface area contributed by atoms with E-state index in [1.54, 1.807) is 23.3 Å². The minimum Gasteiger partial charge on any atom is -0.390 e. The van der Waals surface area contributed by atoms with Crippen LogP contribution in [0.15, 0.2) is 18.9 Å². The highest BCUT2D eigenvalue weighted by Crippen LogP contribution is 2.24. The van der Waals surface area contributed by atoms with E-state index in [0.717, 1.165) is 24.9 Å². The van der Waals surface area contributed by atoms with Gasteiger partial charge in [0.05, 0.1) is 24.3 Å². The van der Waals surface area contributed by atoms with Gasteiger partial charge in [-0.1, -0.05) is 26.2 Å². The van der Waals surface area contributed by atoms with Crippen molar-refractivity contribution in [2.45, 2.75) is 44.8 Å². The molecule has 0 aliphatic carbocycles. The van der Waals surface area contributed by atoms with Gasteiger partial charge in [0.25, 0.3) is 0 Å². The molecule has 3 aromatic heterocycles. The van der Waals surface area contributed by atoms with Crippen molar-refractivity contribution in [2.24, 2.45) is 7.05 Å². The first-order valence-corrected chi connectivity index (χ1v) is 7.62. The second kappa shape index (κ2) is 6.02. The van der Waals surface area contributed by atoms with Crippen LogP contribution in [0.1, 0.15) is 44.4 Å². The average Bonchev–Trinajstić information content (AvgIpc) is 3.10. The number of nitrogens with zero attached hydrogens (tertiary/aromatic N) is 5. The lowest BCUT2D eigenvalue weighted by atomic mass is 10.0. The standard InChI is InChI=1S/C15H21N5O2/c1-3-4-5-6-11(21)13(22)10-7-16-15-12-14(18-9-20(10)15)19(2)8-17-12/h7-9,11,13,21-22H,3-6H2,1-2H3. The predicted molar refractivity (Wildman–Crippen MR) is 82.4 cm³/mol. The van der Waals surface area contributed by atoms with Gasteiger partial charge in [-0.25, -0.2) is 15.0 Å². The maximum absolute atomic E-state index is 10.4. The van der Waals surface area contributed by atoms with Crippen molar-refractivity contribution < 1.29 is 10.2 Å². The minimum atomic E-state index is -0.977. The zero-order valence-electron chi connectivity index (χ0n) is 12.8. The quantitative estimate of drug-likeness (QED) is 0.675. The molecular formula is C15H21N5O2. The summed E-state index contributed by atoms with van der Waals surface area (Å²) in [4.78, 5) is 13.0. The number of rotatable bonds is 6. The van der Waals surface area contributed by atoms with Gasteiger partial charge in [-0.15, -0.1) is 0 Å². The highest BCUT2D eigenvalue weighted by Gasteiger charge is 2.22. The molecule has 0 aliphatic rings. The molecule has 7 nitrogen and oxygen atoms in total. The lowest BCUT2D eigenvalue weighted by molar-refractivity contribution is 0.00906. The first-order chi connectivity index (χ1) is 10.6. The van der Waals surface area contributed by atoms with E-state index in [1.807, 2.05) is 11.6 Å². The fourth-order valence-corrected chi connectivity index (χ4v) is 2.69. The van der Waals surface area contributed by atoms with Crippen LogP contribution in [0, 0.1) is 0 Å². The summed E-state index contributed by atoms with van der Waals surface area (Å²) in [5.41, 5.74) is 2.60. The molecule has 0 bridgehead atoms. The molecule has 22 heavy (non-hydrogen) atoms. The summed E-state index contributed by atoms with van der Waals surface area (Å²) in [5.74, 6) is 0. The predicted octanol–water partition coefficient (Wildman–Crippen LogP) is 1.59. The van der Waals surface area contributed by atoms with Crippen molar-refractivity contribution in [1.29, 1.82) is 0 Å². The smallest absolute Gasteiger partial charge is 0.168 e. The average molecular weight is 303 g/mol. The number of unbranched alkanes of at least 4 members (excludes halogenated alkanes) is 2. The first-order valence-electron chi connectivity index (χ1n) is 7.62. The molecule has 0 spiro atoms. The fourth-order valence-electron chi connectivity index (χ4n) is 2.69. The van der Waals surface area contributed by atoms with Gasteiger partial charge in [-0.05, 0) is 6.42 Å². The van der Waals surface area contributed by atoms with E-state index in [2.05, 4.69) is 21.9 Å². The molecular weight excluding hydrogens is 282 g/mol. The molecule has 0 radical (unpaired) electrons. The molecule has 118 valence electrons. The third-order valence-corrected chi connectivity index (χ3v) is 4.01. The lowest BCUT2D eigenvalue weighted by Crippen LogP contribution is -2.19. The SMILES string of the molecule is CCCCCC(O)C(O)c1cnc2c3ncn(C)c3ncn12. The molecule has 0 fully saturated rings. The molecule has 0 aliphatic heterocycles. The number of imidazole rings is 2. The third-order valence-electron chi connectivity index (χ3n) is 4.01. The molecule has 3 rings (SSSR count). The number of aliphatic hydroxyl groups excluding tert-OH is 2. The van der Waals surface area contributed by atoms with Crippen molar-refractivity contribution in [3.63, 3.8) is 0 Å². The van der Waals surface area contributed by atoms with Gasteiger partial charge in [-0.3, -0.25) is 4.40 Å². The van der Waals surface area contributed by atoms with Gasteiger partial charge >= 0.3 is 0 Å². The molecule has 7 heteroatoms. The summed E-state index contributed by atoms with van der Waals surface area (Å²) >= 11 is 0. The van der Waals surface area contributed by atoms with Crippen LogP contribution in [0.5, 0.6) is 0 Å². The van der Waals surface area contributed by atoms with E-state index in [4.69, 9.17) is 0 Å².